The minimum atomic E-state index is -0.177. The van der Waals surface area contributed by atoms with Crippen LogP contribution in [-0.4, -0.2) is 26.7 Å². The number of nitrogens with zero attached hydrogens (tertiary/aromatic N) is 3. The van der Waals surface area contributed by atoms with Crippen molar-refractivity contribution < 1.29 is 4.79 Å². The summed E-state index contributed by atoms with van der Waals surface area (Å²) in [5.41, 5.74) is 8.39. The predicted molar refractivity (Wildman–Crippen MR) is 78.0 cm³/mol. The molecule has 1 atom stereocenters. The van der Waals surface area contributed by atoms with Crippen molar-refractivity contribution in [2.75, 3.05) is 5.32 Å². The highest BCUT2D eigenvalue weighted by molar-refractivity contribution is 7.15. The molecule has 0 unspecified atom stereocenters. The normalized spacial score (nSPS) is 17.9. The maximum Gasteiger partial charge on any atom is 0.275 e. The molecule has 6 nitrogen and oxygen atoms in total. The van der Waals surface area contributed by atoms with E-state index in [1.807, 2.05) is 6.92 Å². The number of carbonyl (C=O) groups excluding carboxylic acids is 1. The van der Waals surface area contributed by atoms with Crippen molar-refractivity contribution >= 4 is 22.4 Å². The zero-order valence-electron chi connectivity index (χ0n) is 11.5. The largest absolute Gasteiger partial charge is 0.327 e. The molecular formula is C13H17N5OS. The van der Waals surface area contributed by atoms with Crippen LogP contribution in [0.2, 0.25) is 0 Å². The molecule has 1 amide bonds. The molecule has 1 aliphatic carbocycles. The van der Waals surface area contributed by atoms with E-state index in [0.29, 0.717) is 10.8 Å². The van der Waals surface area contributed by atoms with E-state index in [9.17, 15) is 4.79 Å². The number of aromatic nitrogens is 3. The number of aryl methyl sites for hydroxylation is 3. The summed E-state index contributed by atoms with van der Waals surface area (Å²) in [6.07, 6.45) is 2.71. The van der Waals surface area contributed by atoms with Crippen molar-refractivity contribution in [3.8, 4) is 0 Å². The van der Waals surface area contributed by atoms with Gasteiger partial charge < -0.3 is 5.73 Å². The standard InChI is InChI=1S/C13H17N5OS/c1-7-5-10(18(2)17-7)12(19)16-13-15-9-4-3-8(14)6-11(9)20-13/h5,8H,3-4,6,14H2,1-2H3,(H,15,16,19)/t8-/m0/s1. The minimum absolute atomic E-state index is 0.177. The van der Waals surface area contributed by atoms with Crippen molar-refractivity contribution in [3.63, 3.8) is 0 Å². The number of rotatable bonds is 2. The lowest BCUT2D eigenvalue weighted by atomic mass is 9.99. The second-order valence-corrected chi connectivity index (χ2v) is 6.22. The highest BCUT2D eigenvalue weighted by Crippen LogP contribution is 2.29. The van der Waals surface area contributed by atoms with Crippen molar-refractivity contribution in [1.82, 2.24) is 14.8 Å². The maximum absolute atomic E-state index is 12.2. The molecule has 0 spiro atoms. The van der Waals surface area contributed by atoms with Crippen LogP contribution in [0.25, 0.3) is 0 Å². The number of fused-ring (bicyclic) bond motifs is 1. The van der Waals surface area contributed by atoms with Gasteiger partial charge in [-0.2, -0.15) is 5.10 Å². The zero-order chi connectivity index (χ0) is 14.3. The summed E-state index contributed by atoms with van der Waals surface area (Å²) in [5.74, 6) is -0.177. The first-order valence-corrected chi connectivity index (χ1v) is 7.40. The lowest BCUT2D eigenvalue weighted by molar-refractivity contribution is 0.101. The molecule has 0 saturated carbocycles. The monoisotopic (exact) mass is 291 g/mol. The van der Waals surface area contributed by atoms with E-state index in [1.165, 1.54) is 16.2 Å². The van der Waals surface area contributed by atoms with Gasteiger partial charge in [-0.1, -0.05) is 0 Å². The Morgan fingerprint density at radius 3 is 3.10 bits per heavy atom. The Balaban J connectivity index is 1.78. The third-order valence-corrected chi connectivity index (χ3v) is 4.47. The van der Waals surface area contributed by atoms with Crippen LogP contribution in [0.5, 0.6) is 0 Å². The molecular weight excluding hydrogens is 274 g/mol. The number of thiazole rings is 1. The highest BCUT2D eigenvalue weighted by atomic mass is 32.1. The van der Waals surface area contributed by atoms with Crippen molar-refractivity contribution in [1.29, 1.82) is 0 Å². The average molecular weight is 291 g/mol. The van der Waals surface area contributed by atoms with Crippen molar-refractivity contribution in [2.24, 2.45) is 12.8 Å². The van der Waals surface area contributed by atoms with Crippen LogP contribution in [0, 0.1) is 6.92 Å². The number of anilines is 1. The predicted octanol–water partition coefficient (Wildman–Crippen LogP) is 1.25. The van der Waals surface area contributed by atoms with Gasteiger partial charge in [0.1, 0.15) is 5.69 Å². The van der Waals surface area contributed by atoms with Crippen LogP contribution < -0.4 is 11.1 Å². The van der Waals surface area contributed by atoms with Gasteiger partial charge in [0.2, 0.25) is 0 Å². The van der Waals surface area contributed by atoms with Crippen LogP contribution in [0.15, 0.2) is 6.07 Å². The fourth-order valence-corrected chi connectivity index (χ4v) is 3.53. The van der Waals surface area contributed by atoms with Crippen LogP contribution >= 0.6 is 11.3 Å². The van der Waals surface area contributed by atoms with Crippen LogP contribution in [-0.2, 0) is 19.9 Å². The first-order chi connectivity index (χ1) is 9.52. The molecule has 2 aromatic rings. The third-order valence-electron chi connectivity index (χ3n) is 3.43. The Labute approximate surface area is 121 Å². The Hall–Kier alpha value is -1.73. The lowest BCUT2D eigenvalue weighted by Crippen LogP contribution is -2.27. The number of nitrogens with one attached hydrogen (secondary N) is 1. The number of hydrogen-bond acceptors (Lipinski definition) is 5. The van der Waals surface area contributed by atoms with Gasteiger partial charge in [0.25, 0.3) is 5.91 Å². The topological polar surface area (TPSA) is 85.8 Å². The van der Waals surface area contributed by atoms with Crippen LogP contribution in [0.4, 0.5) is 5.13 Å². The SMILES string of the molecule is Cc1cc(C(=O)Nc2nc3c(s2)C[C@@H](N)CC3)n(C)n1. The summed E-state index contributed by atoms with van der Waals surface area (Å²) in [4.78, 5) is 17.9. The second kappa shape index (κ2) is 4.99. The number of carbonyl (C=O) groups is 1. The number of amides is 1. The molecule has 2 aromatic heterocycles. The van der Waals surface area contributed by atoms with Gasteiger partial charge in [-0.3, -0.25) is 14.8 Å². The van der Waals surface area contributed by atoms with E-state index >= 15 is 0 Å². The Kier molecular flexibility index (Phi) is 3.31. The van der Waals surface area contributed by atoms with E-state index < -0.39 is 0 Å². The van der Waals surface area contributed by atoms with Gasteiger partial charge in [-0.05, 0) is 32.3 Å². The van der Waals surface area contributed by atoms with Gasteiger partial charge in [0, 0.05) is 18.0 Å². The molecule has 7 heteroatoms. The molecule has 0 aromatic carbocycles. The molecule has 0 bridgehead atoms. The molecule has 106 valence electrons. The van der Waals surface area contributed by atoms with E-state index in [1.54, 1.807) is 17.8 Å². The van der Waals surface area contributed by atoms with Crippen LogP contribution in [0.3, 0.4) is 0 Å². The Bertz CT molecular complexity index is 660. The summed E-state index contributed by atoms with van der Waals surface area (Å²) in [5, 5.41) is 7.67. The first-order valence-electron chi connectivity index (χ1n) is 6.59. The molecule has 0 radical (unpaired) electrons. The zero-order valence-corrected chi connectivity index (χ0v) is 12.3. The molecule has 0 aliphatic heterocycles. The molecule has 20 heavy (non-hydrogen) atoms. The first kappa shape index (κ1) is 13.3. The summed E-state index contributed by atoms with van der Waals surface area (Å²) >= 11 is 1.52. The smallest absolute Gasteiger partial charge is 0.275 e. The molecule has 0 saturated heterocycles. The quantitative estimate of drug-likeness (QED) is 0.872. The molecule has 3 rings (SSSR count). The fourth-order valence-electron chi connectivity index (χ4n) is 2.44. The Morgan fingerprint density at radius 1 is 1.60 bits per heavy atom. The van der Waals surface area contributed by atoms with E-state index in [4.69, 9.17) is 5.73 Å². The molecule has 2 heterocycles. The molecule has 1 aliphatic rings. The Morgan fingerprint density at radius 2 is 2.40 bits per heavy atom. The maximum atomic E-state index is 12.2. The van der Waals surface area contributed by atoms with E-state index in [0.717, 1.165) is 30.7 Å². The third kappa shape index (κ3) is 2.46. The van der Waals surface area contributed by atoms with E-state index in [-0.39, 0.29) is 11.9 Å². The van der Waals surface area contributed by atoms with Crippen molar-refractivity contribution in [2.45, 2.75) is 32.2 Å². The average Bonchev–Trinajstić information content (AvgIpc) is 2.91. The summed E-state index contributed by atoms with van der Waals surface area (Å²) in [6.45, 7) is 1.86. The fraction of sp³-hybridized carbons (Fsp3) is 0.462. The molecule has 3 N–H and O–H groups in total. The number of hydrogen-bond donors (Lipinski definition) is 2. The van der Waals surface area contributed by atoms with Gasteiger partial charge in [-0.25, -0.2) is 4.98 Å². The summed E-state index contributed by atoms with van der Waals surface area (Å²) in [7, 11) is 1.76. The van der Waals surface area contributed by atoms with Crippen molar-refractivity contribution in [3.05, 3.63) is 28.0 Å². The lowest BCUT2D eigenvalue weighted by Gasteiger charge is -2.15. The van der Waals surface area contributed by atoms with E-state index in [2.05, 4.69) is 15.4 Å². The van der Waals surface area contributed by atoms with Gasteiger partial charge in [0.05, 0.1) is 11.4 Å². The van der Waals surface area contributed by atoms with Crippen LogP contribution in [0.1, 0.15) is 33.2 Å². The van der Waals surface area contributed by atoms with Gasteiger partial charge >= 0.3 is 0 Å². The number of nitrogens with two attached hydrogens (primary N) is 1. The summed E-state index contributed by atoms with van der Waals surface area (Å²) < 4.78 is 1.58. The molecule has 0 fully saturated rings. The highest BCUT2D eigenvalue weighted by Gasteiger charge is 2.21. The van der Waals surface area contributed by atoms with Gasteiger partial charge in [-0.15, -0.1) is 11.3 Å². The second-order valence-electron chi connectivity index (χ2n) is 5.14. The summed E-state index contributed by atoms with van der Waals surface area (Å²) in [6, 6.07) is 1.98. The van der Waals surface area contributed by atoms with Gasteiger partial charge in [0.15, 0.2) is 5.13 Å². The minimum Gasteiger partial charge on any atom is -0.327 e.